The van der Waals surface area contributed by atoms with Gasteiger partial charge in [-0.1, -0.05) is 30.3 Å². The van der Waals surface area contributed by atoms with E-state index in [9.17, 15) is 4.79 Å². The van der Waals surface area contributed by atoms with Crippen molar-refractivity contribution in [3.8, 4) is 11.5 Å². The lowest BCUT2D eigenvalue weighted by Crippen LogP contribution is -2.20. The van der Waals surface area contributed by atoms with Gasteiger partial charge in [0.15, 0.2) is 11.5 Å². The third-order valence-electron chi connectivity index (χ3n) is 4.19. The van der Waals surface area contributed by atoms with Gasteiger partial charge in [-0.15, -0.1) is 0 Å². The van der Waals surface area contributed by atoms with Gasteiger partial charge in [-0.25, -0.2) is 4.79 Å². The minimum atomic E-state index is -0.300. The molecule has 0 aromatic heterocycles. The quantitative estimate of drug-likeness (QED) is 0.722. The van der Waals surface area contributed by atoms with E-state index >= 15 is 0 Å². The van der Waals surface area contributed by atoms with E-state index in [1.54, 1.807) is 18.2 Å². The minimum Gasteiger partial charge on any atom is -0.486 e. The number of carbonyl (C=O) groups excluding carboxylic acids is 1. The second-order valence-corrected chi connectivity index (χ2v) is 5.91. The number of nitrogens with one attached hydrogen (secondary N) is 2. The van der Waals surface area contributed by atoms with Gasteiger partial charge in [0.25, 0.3) is 0 Å². The molecule has 0 fully saturated rings. The molecule has 0 saturated heterocycles. The highest BCUT2D eigenvalue weighted by Crippen LogP contribution is 2.32. The van der Waals surface area contributed by atoms with E-state index in [0.29, 0.717) is 30.4 Å². The number of hydrogen-bond donors (Lipinski definition) is 2. The van der Waals surface area contributed by atoms with Gasteiger partial charge in [-0.05, 0) is 36.1 Å². The molecule has 3 aromatic carbocycles. The van der Waals surface area contributed by atoms with Crippen LogP contribution in [0, 0.1) is 6.92 Å². The smallest absolute Gasteiger partial charge is 0.323 e. The first kappa shape index (κ1) is 15.3. The van der Waals surface area contributed by atoms with Crippen LogP contribution in [0.25, 0.3) is 10.8 Å². The third kappa shape index (κ3) is 3.08. The fourth-order valence-corrected chi connectivity index (χ4v) is 2.98. The maximum absolute atomic E-state index is 12.4. The van der Waals surface area contributed by atoms with Gasteiger partial charge < -0.3 is 20.1 Å². The first-order valence-corrected chi connectivity index (χ1v) is 8.17. The third-order valence-corrected chi connectivity index (χ3v) is 4.19. The highest BCUT2D eigenvalue weighted by atomic mass is 16.6. The van der Waals surface area contributed by atoms with Crippen LogP contribution in [0.2, 0.25) is 0 Å². The Bertz CT molecular complexity index is 953. The molecule has 25 heavy (non-hydrogen) atoms. The SMILES string of the molecule is Cc1cccc2c(NC(=O)Nc3ccc4c(c3)OCCO4)cccc12. The number of rotatable bonds is 2. The van der Waals surface area contributed by atoms with Crippen LogP contribution in [0.15, 0.2) is 54.6 Å². The van der Waals surface area contributed by atoms with Crippen LogP contribution in [0.1, 0.15) is 5.56 Å². The average molecular weight is 334 g/mol. The Morgan fingerprint density at radius 2 is 1.64 bits per heavy atom. The molecule has 4 rings (SSSR count). The van der Waals surface area contributed by atoms with Gasteiger partial charge in [0.1, 0.15) is 13.2 Å². The molecule has 2 amide bonds. The summed E-state index contributed by atoms with van der Waals surface area (Å²) < 4.78 is 11.0. The van der Waals surface area contributed by atoms with Crippen LogP contribution >= 0.6 is 0 Å². The number of ether oxygens (including phenoxy) is 2. The molecular weight excluding hydrogens is 316 g/mol. The van der Waals surface area contributed by atoms with Crippen LogP contribution in [0.3, 0.4) is 0 Å². The van der Waals surface area contributed by atoms with Crippen molar-refractivity contribution in [3.63, 3.8) is 0 Å². The lowest BCUT2D eigenvalue weighted by atomic mass is 10.0. The van der Waals surface area contributed by atoms with Crippen molar-refractivity contribution >= 4 is 28.2 Å². The summed E-state index contributed by atoms with van der Waals surface area (Å²) in [4.78, 5) is 12.4. The fraction of sp³-hybridized carbons (Fsp3) is 0.150. The number of anilines is 2. The zero-order valence-corrected chi connectivity index (χ0v) is 13.8. The molecule has 5 nitrogen and oxygen atoms in total. The second kappa shape index (κ2) is 6.36. The Balaban J connectivity index is 1.54. The van der Waals surface area contributed by atoms with Crippen LogP contribution < -0.4 is 20.1 Å². The Morgan fingerprint density at radius 3 is 2.52 bits per heavy atom. The lowest BCUT2D eigenvalue weighted by molar-refractivity contribution is 0.171. The van der Waals surface area contributed by atoms with Gasteiger partial charge in [0.05, 0.1) is 5.69 Å². The molecule has 126 valence electrons. The normalized spacial score (nSPS) is 12.7. The maximum atomic E-state index is 12.4. The molecule has 0 aliphatic carbocycles. The Labute approximate surface area is 145 Å². The lowest BCUT2D eigenvalue weighted by Gasteiger charge is -2.19. The monoisotopic (exact) mass is 334 g/mol. The summed E-state index contributed by atoms with van der Waals surface area (Å²) in [6.07, 6.45) is 0. The molecule has 1 aliphatic rings. The molecule has 1 heterocycles. The summed E-state index contributed by atoms with van der Waals surface area (Å²) in [6.45, 7) is 3.11. The highest BCUT2D eigenvalue weighted by molar-refractivity contribution is 6.06. The Hall–Kier alpha value is -3.21. The van der Waals surface area contributed by atoms with E-state index in [-0.39, 0.29) is 6.03 Å². The van der Waals surface area contributed by atoms with E-state index in [0.717, 1.165) is 16.5 Å². The first-order valence-electron chi connectivity index (χ1n) is 8.17. The standard InChI is InChI=1S/C20H18N2O3/c1-13-4-2-6-16-15(13)5-3-7-17(16)22-20(23)21-14-8-9-18-19(12-14)25-11-10-24-18/h2-9,12H,10-11H2,1H3,(H2,21,22,23). The van der Waals surface area contributed by atoms with Crippen LogP contribution in [0.5, 0.6) is 11.5 Å². The summed E-state index contributed by atoms with van der Waals surface area (Å²) >= 11 is 0. The van der Waals surface area contributed by atoms with Crippen LogP contribution in [-0.4, -0.2) is 19.2 Å². The van der Waals surface area contributed by atoms with E-state index in [1.807, 2.05) is 24.3 Å². The van der Waals surface area contributed by atoms with Crippen molar-refractivity contribution in [2.24, 2.45) is 0 Å². The van der Waals surface area contributed by atoms with Crippen molar-refractivity contribution in [2.45, 2.75) is 6.92 Å². The molecule has 0 saturated carbocycles. The van der Waals surface area contributed by atoms with E-state index < -0.39 is 0 Å². The van der Waals surface area contributed by atoms with Crippen molar-refractivity contribution in [3.05, 3.63) is 60.2 Å². The van der Waals surface area contributed by atoms with Gasteiger partial charge in [-0.3, -0.25) is 0 Å². The maximum Gasteiger partial charge on any atom is 0.323 e. The highest BCUT2D eigenvalue weighted by Gasteiger charge is 2.13. The number of benzene rings is 3. The molecule has 2 N–H and O–H groups in total. The van der Waals surface area contributed by atoms with Gasteiger partial charge in [-0.2, -0.15) is 0 Å². The fourth-order valence-electron chi connectivity index (χ4n) is 2.98. The molecule has 0 bridgehead atoms. The van der Waals surface area contributed by atoms with Gasteiger partial charge >= 0.3 is 6.03 Å². The van der Waals surface area contributed by atoms with Crippen molar-refractivity contribution in [1.82, 2.24) is 0 Å². The van der Waals surface area contributed by atoms with Gasteiger partial charge in [0, 0.05) is 17.1 Å². The topological polar surface area (TPSA) is 59.6 Å². The average Bonchev–Trinajstić information content (AvgIpc) is 2.62. The van der Waals surface area contributed by atoms with Crippen molar-refractivity contribution in [2.75, 3.05) is 23.8 Å². The summed E-state index contributed by atoms with van der Waals surface area (Å²) in [6, 6.07) is 17.0. The zero-order valence-electron chi connectivity index (χ0n) is 13.8. The number of carbonyl (C=O) groups is 1. The molecule has 1 aliphatic heterocycles. The number of urea groups is 1. The summed E-state index contributed by atoms with van der Waals surface area (Å²) in [5.74, 6) is 1.34. The summed E-state index contributed by atoms with van der Waals surface area (Å²) in [5.41, 5.74) is 2.60. The number of amides is 2. The molecule has 3 aromatic rings. The molecule has 0 radical (unpaired) electrons. The van der Waals surface area contributed by atoms with Crippen LogP contribution in [0.4, 0.5) is 16.2 Å². The van der Waals surface area contributed by atoms with Crippen LogP contribution in [-0.2, 0) is 0 Å². The zero-order chi connectivity index (χ0) is 17.2. The second-order valence-electron chi connectivity index (χ2n) is 5.91. The number of aryl methyl sites for hydroxylation is 1. The Kier molecular flexibility index (Phi) is 3.90. The molecule has 0 spiro atoms. The molecule has 0 unspecified atom stereocenters. The minimum absolute atomic E-state index is 0.300. The van der Waals surface area contributed by atoms with E-state index in [4.69, 9.17) is 9.47 Å². The molecular formula is C20H18N2O3. The van der Waals surface area contributed by atoms with E-state index in [2.05, 4.69) is 29.7 Å². The van der Waals surface area contributed by atoms with Gasteiger partial charge in [0.2, 0.25) is 0 Å². The summed E-state index contributed by atoms with van der Waals surface area (Å²) in [7, 11) is 0. The number of hydrogen-bond acceptors (Lipinski definition) is 3. The molecule has 5 heteroatoms. The predicted octanol–water partition coefficient (Wildman–Crippen LogP) is 4.56. The summed E-state index contributed by atoms with van der Waals surface area (Å²) in [5, 5.41) is 7.89. The predicted molar refractivity (Wildman–Crippen MR) is 98.8 cm³/mol. The van der Waals surface area contributed by atoms with Crippen molar-refractivity contribution < 1.29 is 14.3 Å². The van der Waals surface area contributed by atoms with E-state index in [1.165, 1.54) is 5.56 Å². The largest absolute Gasteiger partial charge is 0.486 e. The van der Waals surface area contributed by atoms with Crippen molar-refractivity contribution in [1.29, 1.82) is 0 Å². The Morgan fingerprint density at radius 1 is 0.880 bits per heavy atom. The number of fused-ring (bicyclic) bond motifs is 2. The first-order chi connectivity index (χ1) is 12.2. The molecule has 0 atom stereocenters.